The maximum Gasteiger partial charge on any atom is 0.326 e. The van der Waals surface area contributed by atoms with Gasteiger partial charge < -0.3 is 19.9 Å². The van der Waals surface area contributed by atoms with E-state index in [0.29, 0.717) is 6.04 Å². The van der Waals surface area contributed by atoms with E-state index >= 15 is 0 Å². The molecule has 118 valence electrons. The van der Waals surface area contributed by atoms with Crippen molar-refractivity contribution in [2.75, 3.05) is 47.4 Å². The summed E-state index contributed by atoms with van der Waals surface area (Å²) in [7, 11) is 5.57. The van der Waals surface area contributed by atoms with Crippen LogP contribution in [0, 0.1) is 0 Å². The largest absolute Gasteiger partial charge is 0.468 e. The number of nitrogens with one attached hydrogen (secondary N) is 1. The van der Waals surface area contributed by atoms with Crippen LogP contribution in [0.2, 0.25) is 0 Å². The second kappa shape index (κ2) is 7.96. The molecule has 1 N–H and O–H groups in total. The van der Waals surface area contributed by atoms with Gasteiger partial charge in [-0.15, -0.1) is 0 Å². The zero-order chi connectivity index (χ0) is 15.2. The average molecular weight is 285 g/mol. The molecular weight excluding hydrogens is 254 g/mol. The second-order valence-electron chi connectivity index (χ2n) is 6.29. The molecule has 0 aromatic heterocycles. The molecule has 1 fully saturated rings. The SMILES string of the molecule is COC(=O)C1(NCCN(C)C)CCCN(C(C)C)CC1. The van der Waals surface area contributed by atoms with Crippen molar-refractivity contribution < 1.29 is 9.53 Å². The number of carbonyl (C=O) groups is 1. The van der Waals surface area contributed by atoms with Gasteiger partial charge in [0.15, 0.2) is 0 Å². The molecule has 1 aliphatic heterocycles. The van der Waals surface area contributed by atoms with Crippen LogP contribution in [-0.4, -0.2) is 74.7 Å². The summed E-state index contributed by atoms with van der Waals surface area (Å²) in [6.07, 6.45) is 2.71. The normalized spacial score (nSPS) is 24.9. The van der Waals surface area contributed by atoms with Gasteiger partial charge in [0.2, 0.25) is 0 Å². The quantitative estimate of drug-likeness (QED) is 0.736. The average Bonchev–Trinajstić information content (AvgIpc) is 2.61. The van der Waals surface area contributed by atoms with Crippen LogP contribution in [0.25, 0.3) is 0 Å². The lowest BCUT2D eigenvalue weighted by Gasteiger charge is -2.32. The molecule has 0 aromatic rings. The molecule has 0 spiro atoms. The molecule has 5 nitrogen and oxygen atoms in total. The van der Waals surface area contributed by atoms with Crippen LogP contribution in [0.4, 0.5) is 0 Å². The number of rotatable bonds is 6. The molecule has 0 aliphatic carbocycles. The van der Waals surface area contributed by atoms with Gasteiger partial charge in [-0.25, -0.2) is 0 Å². The van der Waals surface area contributed by atoms with Gasteiger partial charge in [0.25, 0.3) is 0 Å². The van der Waals surface area contributed by atoms with Crippen molar-refractivity contribution in [2.45, 2.75) is 44.7 Å². The lowest BCUT2D eigenvalue weighted by Crippen LogP contribution is -2.54. The fraction of sp³-hybridized carbons (Fsp3) is 0.933. The van der Waals surface area contributed by atoms with E-state index in [-0.39, 0.29) is 5.97 Å². The van der Waals surface area contributed by atoms with Crippen molar-refractivity contribution in [1.82, 2.24) is 15.1 Å². The highest BCUT2D eigenvalue weighted by Gasteiger charge is 2.40. The second-order valence-corrected chi connectivity index (χ2v) is 6.29. The molecular formula is C15H31N3O2. The van der Waals surface area contributed by atoms with E-state index in [1.165, 1.54) is 7.11 Å². The van der Waals surface area contributed by atoms with Gasteiger partial charge >= 0.3 is 5.97 Å². The van der Waals surface area contributed by atoms with Crippen molar-refractivity contribution >= 4 is 5.97 Å². The van der Waals surface area contributed by atoms with Gasteiger partial charge in [-0.05, 0) is 53.8 Å². The van der Waals surface area contributed by atoms with Crippen molar-refractivity contribution in [2.24, 2.45) is 0 Å². The smallest absolute Gasteiger partial charge is 0.326 e. The Balaban J connectivity index is 2.70. The molecule has 0 saturated carbocycles. The Labute approximate surface area is 123 Å². The Bertz CT molecular complexity index is 307. The number of esters is 1. The third-order valence-electron chi connectivity index (χ3n) is 4.20. The standard InChI is InChI=1S/C15H31N3O2/c1-13(2)18-10-6-7-15(8-11-18,14(19)20-5)16-9-12-17(3)4/h13,16H,6-12H2,1-5H3. The summed E-state index contributed by atoms with van der Waals surface area (Å²) in [6.45, 7) is 8.17. The van der Waals surface area contributed by atoms with E-state index in [2.05, 4.69) is 29.0 Å². The Morgan fingerprint density at radius 1 is 1.35 bits per heavy atom. The summed E-state index contributed by atoms with van der Waals surface area (Å²) in [6, 6.07) is 0.533. The summed E-state index contributed by atoms with van der Waals surface area (Å²) >= 11 is 0. The van der Waals surface area contributed by atoms with E-state index < -0.39 is 5.54 Å². The number of ether oxygens (including phenoxy) is 1. The molecule has 20 heavy (non-hydrogen) atoms. The summed E-state index contributed by atoms with van der Waals surface area (Å²) in [5, 5.41) is 3.47. The number of carbonyl (C=O) groups excluding carboxylic acids is 1. The molecule has 1 rings (SSSR count). The van der Waals surface area contributed by atoms with E-state index in [1.807, 2.05) is 14.1 Å². The first-order valence-corrected chi connectivity index (χ1v) is 7.63. The minimum absolute atomic E-state index is 0.109. The zero-order valence-electron chi connectivity index (χ0n) is 13.7. The van der Waals surface area contributed by atoms with E-state index in [1.54, 1.807) is 0 Å². The fourth-order valence-electron chi connectivity index (χ4n) is 2.84. The number of methoxy groups -OCH3 is 1. The van der Waals surface area contributed by atoms with Crippen molar-refractivity contribution in [3.8, 4) is 0 Å². The van der Waals surface area contributed by atoms with Crippen molar-refractivity contribution in [3.63, 3.8) is 0 Å². The van der Waals surface area contributed by atoms with Gasteiger partial charge in [0.1, 0.15) is 5.54 Å². The van der Waals surface area contributed by atoms with Crippen LogP contribution in [-0.2, 0) is 9.53 Å². The van der Waals surface area contributed by atoms with Gasteiger partial charge in [0.05, 0.1) is 7.11 Å². The maximum atomic E-state index is 12.3. The summed E-state index contributed by atoms with van der Waals surface area (Å²) in [4.78, 5) is 16.8. The van der Waals surface area contributed by atoms with Gasteiger partial charge in [-0.3, -0.25) is 4.79 Å². The third kappa shape index (κ3) is 4.72. The van der Waals surface area contributed by atoms with Crippen LogP contribution < -0.4 is 5.32 Å². The Hall–Kier alpha value is -0.650. The molecule has 5 heteroatoms. The molecule has 0 bridgehead atoms. The Morgan fingerprint density at radius 3 is 2.60 bits per heavy atom. The minimum Gasteiger partial charge on any atom is -0.468 e. The van der Waals surface area contributed by atoms with E-state index in [4.69, 9.17) is 4.74 Å². The molecule has 0 aromatic carbocycles. The lowest BCUT2D eigenvalue weighted by molar-refractivity contribution is -0.149. The minimum atomic E-state index is -0.506. The lowest BCUT2D eigenvalue weighted by atomic mass is 9.90. The molecule has 1 unspecified atom stereocenters. The molecule has 1 heterocycles. The first kappa shape index (κ1) is 17.4. The van der Waals surface area contributed by atoms with E-state index in [0.717, 1.165) is 45.4 Å². The predicted molar refractivity (Wildman–Crippen MR) is 81.9 cm³/mol. The zero-order valence-corrected chi connectivity index (χ0v) is 13.7. The number of nitrogens with zero attached hydrogens (tertiary/aromatic N) is 2. The van der Waals surface area contributed by atoms with E-state index in [9.17, 15) is 4.79 Å². The van der Waals surface area contributed by atoms with Crippen LogP contribution in [0.15, 0.2) is 0 Å². The van der Waals surface area contributed by atoms with Crippen LogP contribution in [0.3, 0.4) is 0 Å². The Kier molecular flexibility index (Phi) is 6.92. The molecule has 1 atom stereocenters. The molecule has 0 amide bonds. The number of hydrogen-bond donors (Lipinski definition) is 1. The van der Waals surface area contributed by atoms with Gasteiger partial charge in [-0.1, -0.05) is 0 Å². The summed E-state index contributed by atoms with van der Waals surface area (Å²) in [5.41, 5.74) is -0.506. The molecule has 0 radical (unpaired) electrons. The van der Waals surface area contributed by atoms with Crippen molar-refractivity contribution in [1.29, 1.82) is 0 Å². The molecule has 1 saturated heterocycles. The monoisotopic (exact) mass is 285 g/mol. The van der Waals surface area contributed by atoms with Crippen LogP contribution in [0.1, 0.15) is 33.1 Å². The first-order chi connectivity index (χ1) is 9.41. The fourth-order valence-corrected chi connectivity index (χ4v) is 2.84. The highest BCUT2D eigenvalue weighted by atomic mass is 16.5. The van der Waals surface area contributed by atoms with Crippen LogP contribution in [0.5, 0.6) is 0 Å². The summed E-state index contributed by atoms with van der Waals surface area (Å²) < 4.78 is 5.07. The van der Waals surface area contributed by atoms with Crippen molar-refractivity contribution in [3.05, 3.63) is 0 Å². The maximum absolute atomic E-state index is 12.3. The summed E-state index contributed by atoms with van der Waals surface area (Å²) in [5.74, 6) is -0.109. The third-order valence-corrected chi connectivity index (χ3v) is 4.20. The highest BCUT2D eigenvalue weighted by Crippen LogP contribution is 2.25. The predicted octanol–water partition coefficient (Wildman–Crippen LogP) is 0.944. The topological polar surface area (TPSA) is 44.8 Å². The first-order valence-electron chi connectivity index (χ1n) is 7.63. The van der Waals surface area contributed by atoms with Crippen LogP contribution >= 0.6 is 0 Å². The van der Waals surface area contributed by atoms with Gasteiger partial charge in [0, 0.05) is 25.7 Å². The molecule has 1 aliphatic rings. The number of likely N-dealkylation sites (N-methyl/N-ethyl adjacent to an activating group) is 1. The Morgan fingerprint density at radius 2 is 2.05 bits per heavy atom. The highest BCUT2D eigenvalue weighted by molar-refractivity contribution is 5.80. The number of likely N-dealkylation sites (tertiary alicyclic amines) is 1. The number of hydrogen-bond acceptors (Lipinski definition) is 5. The van der Waals surface area contributed by atoms with Gasteiger partial charge in [-0.2, -0.15) is 0 Å².